The summed E-state index contributed by atoms with van der Waals surface area (Å²) in [5, 5.41) is 7.47. The third-order valence-corrected chi connectivity index (χ3v) is 2.55. The van der Waals surface area contributed by atoms with Gasteiger partial charge in [0.15, 0.2) is 5.11 Å². The average Bonchev–Trinajstić information content (AvgIpc) is 2.14. The van der Waals surface area contributed by atoms with Gasteiger partial charge in [-0.15, -0.1) is 6.42 Å². The van der Waals surface area contributed by atoms with Crippen molar-refractivity contribution in [2.45, 2.75) is 19.4 Å². The highest BCUT2D eigenvalue weighted by atomic mass is 35.5. The molecule has 0 heterocycles. The second kappa shape index (κ2) is 5.59. The summed E-state index contributed by atoms with van der Waals surface area (Å²) in [6, 6.07) is 5.10. The van der Waals surface area contributed by atoms with Crippen LogP contribution >= 0.6 is 35.4 Å². The first-order chi connectivity index (χ1) is 7.82. The molecule has 90 valence electrons. The van der Waals surface area contributed by atoms with E-state index in [2.05, 4.69) is 16.6 Å². The molecule has 1 aromatic rings. The third kappa shape index (κ3) is 4.82. The van der Waals surface area contributed by atoms with Crippen LogP contribution in [0.25, 0.3) is 0 Å². The van der Waals surface area contributed by atoms with E-state index in [9.17, 15) is 0 Å². The van der Waals surface area contributed by atoms with Crippen LogP contribution in [0.15, 0.2) is 18.2 Å². The minimum absolute atomic E-state index is 0.422. The smallest absolute Gasteiger partial charge is 0.171 e. The Labute approximate surface area is 117 Å². The maximum absolute atomic E-state index is 5.87. The normalized spacial score (nSPS) is 10.5. The Bertz CT molecular complexity index is 458. The van der Waals surface area contributed by atoms with Crippen molar-refractivity contribution in [3.63, 3.8) is 0 Å². The Morgan fingerprint density at radius 1 is 1.29 bits per heavy atom. The van der Waals surface area contributed by atoms with Crippen LogP contribution < -0.4 is 10.6 Å². The van der Waals surface area contributed by atoms with E-state index >= 15 is 0 Å². The molecule has 5 heteroatoms. The molecule has 0 spiro atoms. The molecule has 0 fully saturated rings. The van der Waals surface area contributed by atoms with Gasteiger partial charge < -0.3 is 10.6 Å². The van der Waals surface area contributed by atoms with E-state index in [0.717, 1.165) is 0 Å². The minimum atomic E-state index is -0.507. The van der Waals surface area contributed by atoms with Crippen molar-refractivity contribution >= 4 is 46.2 Å². The van der Waals surface area contributed by atoms with Crippen LogP contribution in [0.3, 0.4) is 0 Å². The van der Waals surface area contributed by atoms with Crippen molar-refractivity contribution in [1.82, 2.24) is 5.32 Å². The summed E-state index contributed by atoms with van der Waals surface area (Å²) in [4.78, 5) is 0. The van der Waals surface area contributed by atoms with Crippen molar-refractivity contribution in [2.24, 2.45) is 0 Å². The van der Waals surface area contributed by atoms with E-state index in [-0.39, 0.29) is 0 Å². The average molecular weight is 287 g/mol. The highest BCUT2D eigenvalue weighted by Gasteiger charge is 2.14. The largest absolute Gasteiger partial charge is 0.347 e. The topological polar surface area (TPSA) is 24.1 Å². The Balaban J connectivity index is 2.72. The lowest BCUT2D eigenvalue weighted by atomic mass is 10.1. The summed E-state index contributed by atoms with van der Waals surface area (Å²) in [7, 11) is 0. The first-order valence-electron chi connectivity index (χ1n) is 4.85. The quantitative estimate of drug-likeness (QED) is 0.641. The van der Waals surface area contributed by atoms with Gasteiger partial charge in [-0.1, -0.05) is 29.1 Å². The molecule has 0 radical (unpaired) electrons. The van der Waals surface area contributed by atoms with Gasteiger partial charge in [-0.05, 0) is 44.3 Å². The predicted octanol–water partition coefficient (Wildman–Crippen LogP) is 3.69. The molecule has 0 saturated carbocycles. The van der Waals surface area contributed by atoms with Crippen LogP contribution in [0.1, 0.15) is 13.8 Å². The Morgan fingerprint density at radius 2 is 1.82 bits per heavy atom. The van der Waals surface area contributed by atoms with Crippen LogP contribution in [0.5, 0.6) is 0 Å². The fourth-order valence-electron chi connectivity index (χ4n) is 1.11. The molecule has 0 atom stereocenters. The third-order valence-electron chi connectivity index (χ3n) is 1.91. The molecule has 1 aromatic carbocycles. The predicted molar refractivity (Wildman–Crippen MR) is 78.7 cm³/mol. The van der Waals surface area contributed by atoms with E-state index in [1.54, 1.807) is 18.2 Å². The van der Waals surface area contributed by atoms with Crippen LogP contribution in [0, 0.1) is 12.3 Å². The van der Waals surface area contributed by atoms with Gasteiger partial charge in [0.2, 0.25) is 0 Å². The SMILES string of the molecule is C#CC(C)(C)NC(=S)Nc1cc(Cl)cc(Cl)c1. The van der Waals surface area contributed by atoms with Crippen LogP contribution in [-0.4, -0.2) is 10.7 Å². The first-order valence-corrected chi connectivity index (χ1v) is 6.02. The molecule has 0 bridgehead atoms. The zero-order chi connectivity index (χ0) is 13.1. The Morgan fingerprint density at radius 3 is 2.29 bits per heavy atom. The second-order valence-corrected chi connectivity index (χ2v) is 5.29. The molecule has 0 aliphatic carbocycles. The standard InChI is InChI=1S/C12H12Cl2N2S/c1-4-12(2,3)16-11(17)15-10-6-8(13)5-9(14)7-10/h1,5-7H,2-3H3,(H2,15,16,17). The van der Waals surface area contributed by atoms with Crippen LogP contribution in [0.2, 0.25) is 10.0 Å². The molecule has 0 amide bonds. The van der Waals surface area contributed by atoms with Crippen molar-refractivity contribution < 1.29 is 0 Å². The lowest BCUT2D eigenvalue weighted by molar-refractivity contribution is 0.604. The van der Waals surface area contributed by atoms with E-state index in [0.29, 0.717) is 20.8 Å². The number of benzene rings is 1. The lowest BCUT2D eigenvalue weighted by Gasteiger charge is -2.22. The molecular formula is C12H12Cl2N2S. The van der Waals surface area contributed by atoms with Gasteiger partial charge in [-0.25, -0.2) is 0 Å². The number of nitrogens with one attached hydrogen (secondary N) is 2. The molecule has 1 rings (SSSR count). The van der Waals surface area contributed by atoms with Gasteiger partial charge in [0.25, 0.3) is 0 Å². The molecule has 2 nitrogen and oxygen atoms in total. The molecular weight excluding hydrogens is 275 g/mol. The maximum atomic E-state index is 5.87. The number of thiocarbonyl (C=S) groups is 1. The maximum Gasteiger partial charge on any atom is 0.171 e. The molecule has 0 aromatic heterocycles. The summed E-state index contributed by atoms with van der Waals surface area (Å²) in [5.74, 6) is 2.59. The summed E-state index contributed by atoms with van der Waals surface area (Å²) >= 11 is 16.9. The molecule has 0 aliphatic rings. The van der Waals surface area contributed by atoms with E-state index in [4.69, 9.17) is 41.8 Å². The number of anilines is 1. The van der Waals surface area contributed by atoms with Gasteiger partial charge in [0.05, 0.1) is 5.54 Å². The van der Waals surface area contributed by atoms with E-state index in [1.807, 2.05) is 13.8 Å². The second-order valence-electron chi connectivity index (χ2n) is 4.01. The molecule has 0 aliphatic heterocycles. The summed E-state index contributed by atoms with van der Waals surface area (Å²) < 4.78 is 0. The van der Waals surface area contributed by atoms with Crippen molar-refractivity contribution in [3.05, 3.63) is 28.2 Å². The first kappa shape index (κ1) is 14.1. The lowest BCUT2D eigenvalue weighted by Crippen LogP contribution is -2.44. The van der Waals surface area contributed by atoms with Gasteiger partial charge in [0, 0.05) is 15.7 Å². The number of rotatable bonds is 2. The van der Waals surface area contributed by atoms with Gasteiger partial charge in [-0.3, -0.25) is 0 Å². The number of hydrogen-bond acceptors (Lipinski definition) is 1. The highest BCUT2D eigenvalue weighted by molar-refractivity contribution is 7.80. The zero-order valence-electron chi connectivity index (χ0n) is 9.47. The summed E-state index contributed by atoms with van der Waals surface area (Å²) in [5.41, 5.74) is 0.208. The molecule has 0 saturated heterocycles. The Kier molecular flexibility index (Phi) is 4.64. The number of hydrogen-bond donors (Lipinski definition) is 2. The van der Waals surface area contributed by atoms with Gasteiger partial charge in [0.1, 0.15) is 0 Å². The van der Waals surface area contributed by atoms with Crippen molar-refractivity contribution in [1.29, 1.82) is 0 Å². The van der Waals surface area contributed by atoms with Crippen LogP contribution in [0.4, 0.5) is 5.69 Å². The fraction of sp³-hybridized carbons (Fsp3) is 0.250. The fourth-order valence-corrected chi connectivity index (χ4v) is 2.01. The molecule has 17 heavy (non-hydrogen) atoms. The monoisotopic (exact) mass is 286 g/mol. The van der Waals surface area contributed by atoms with Crippen LogP contribution in [-0.2, 0) is 0 Å². The number of terminal acetylenes is 1. The van der Waals surface area contributed by atoms with E-state index < -0.39 is 5.54 Å². The van der Waals surface area contributed by atoms with E-state index in [1.165, 1.54) is 0 Å². The minimum Gasteiger partial charge on any atom is -0.347 e. The van der Waals surface area contributed by atoms with Crippen molar-refractivity contribution in [2.75, 3.05) is 5.32 Å². The molecule has 0 unspecified atom stereocenters. The summed E-state index contributed by atoms with van der Waals surface area (Å²) in [6.07, 6.45) is 5.35. The van der Waals surface area contributed by atoms with Crippen molar-refractivity contribution in [3.8, 4) is 12.3 Å². The summed E-state index contributed by atoms with van der Waals surface area (Å²) in [6.45, 7) is 3.71. The van der Waals surface area contributed by atoms with Gasteiger partial charge in [-0.2, -0.15) is 0 Å². The Hall–Kier alpha value is -0.950. The zero-order valence-corrected chi connectivity index (χ0v) is 11.8. The highest BCUT2D eigenvalue weighted by Crippen LogP contribution is 2.22. The van der Waals surface area contributed by atoms with Gasteiger partial charge >= 0.3 is 0 Å². The number of halogens is 2. The molecule has 2 N–H and O–H groups in total.